The lowest BCUT2D eigenvalue weighted by Gasteiger charge is -2.13. The number of hydrogen-bond donors (Lipinski definition) is 2. The quantitative estimate of drug-likeness (QED) is 0.402. The second-order valence-corrected chi connectivity index (χ2v) is 6.94. The van der Waals surface area contributed by atoms with Gasteiger partial charge in [-0.1, -0.05) is 12.2 Å². The second kappa shape index (κ2) is 7.49. The van der Waals surface area contributed by atoms with Crippen molar-refractivity contribution in [3.05, 3.63) is 38.7 Å². The summed E-state index contributed by atoms with van der Waals surface area (Å²) < 4.78 is 31.1. The number of allylic oxidation sites excluding steroid dienone is 4. The number of nitrogens with zero attached hydrogens (tertiary/aromatic N) is 4. The first-order chi connectivity index (χ1) is 12.1. The Morgan fingerprint density at radius 2 is 2.04 bits per heavy atom. The minimum atomic E-state index is -4.34. The van der Waals surface area contributed by atoms with Gasteiger partial charge in [0, 0.05) is 10.9 Å². The number of carbonyl (C=O) groups is 1. The van der Waals surface area contributed by atoms with E-state index < -0.39 is 25.9 Å². The average Bonchev–Trinajstić information content (AvgIpc) is 2.52. The molecule has 14 heteroatoms. The molecular weight excluding hydrogens is 388 g/mol. The molecule has 138 valence electrons. The van der Waals surface area contributed by atoms with Crippen LogP contribution in [0.15, 0.2) is 22.8 Å². The standard InChI is InChI=1S/C12H12N6O6S2/c1-6-13-10(16-12(14-6)24-2)15-11(19)17-26(22,23)9-4-3-7(18(20)21)5-8(9)25/h3-4H,5H2,1-2H3,(H2,13,14,15,16,17,19). The van der Waals surface area contributed by atoms with Crippen LogP contribution in [0.5, 0.6) is 6.01 Å². The van der Waals surface area contributed by atoms with Crippen LogP contribution in [0.3, 0.4) is 0 Å². The summed E-state index contributed by atoms with van der Waals surface area (Å²) >= 11 is 4.89. The van der Waals surface area contributed by atoms with Gasteiger partial charge in [0.1, 0.15) is 10.7 Å². The number of aromatic nitrogens is 3. The van der Waals surface area contributed by atoms with E-state index in [9.17, 15) is 23.3 Å². The maximum absolute atomic E-state index is 12.3. The normalized spacial score (nSPS) is 14.2. The van der Waals surface area contributed by atoms with Crippen molar-refractivity contribution in [1.29, 1.82) is 0 Å². The Hall–Kier alpha value is -3.00. The summed E-state index contributed by atoms with van der Waals surface area (Å²) in [6.07, 6.45) is 1.65. The number of thiocarbonyl (C=S) groups is 1. The smallest absolute Gasteiger partial charge is 0.335 e. The van der Waals surface area contributed by atoms with Gasteiger partial charge in [-0.3, -0.25) is 15.4 Å². The van der Waals surface area contributed by atoms with Crippen molar-refractivity contribution in [2.24, 2.45) is 0 Å². The Morgan fingerprint density at radius 3 is 2.62 bits per heavy atom. The summed E-state index contributed by atoms with van der Waals surface area (Å²) in [5, 5.41) is 12.8. The number of nitrogens with one attached hydrogen (secondary N) is 2. The zero-order valence-corrected chi connectivity index (χ0v) is 15.0. The van der Waals surface area contributed by atoms with Crippen LogP contribution in [0.2, 0.25) is 0 Å². The van der Waals surface area contributed by atoms with Crippen LogP contribution in [0.1, 0.15) is 12.2 Å². The zero-order valence-electron chi connectivity index (χ0n) is 13.4. The van der Waals surface area contributed by atoms with Crippen LogP contribution in [-0.4, -0.2) is 46.3 Å². The van der Waals surface area contributed by atoms with E-state index in [0.29, 0.717) is 0 Å². The van der Waals surface area contributed by atoms with Gasteiger partial charge in [-0.2, -0.15) is 15.0 Å². The lowest BCUT2D eigenvalue weighted by atomic mass is 10.1. The molecular formula is C12H12N6O6S2. The largest absolute Gasteiger partial charge is 0.467 e. The summed E-state index contributed by atoms with van der Waals surface area (Å²) in [5.41, 5.74) is -0.244. The van der Waals surface area contributed by atoms with Crippen molar-refractivity contribution in [3.8, 4) is 6.01 Å². The van der Waals surface area contributed by atoms with E-state index in [1.807, 2.05) is 0 Å². The highest BCUT2D eigenvalue weighted by atomic mass is 32.2. The lowest BCUT2D eigenvalue weighted by molar-refractivity contribution is -0.426. The lowest BCUT2D eigenvalue weighted by Crippen LogP contribution is -2.37. The monoisotopic (exact) mass is 400 g/mol. The number of methoxy groups -OCH3 is 1. The van der Waals surface area contributed by atoms with Crippen molar-refractivity contribution in [1.82, 2.24) is 19.7 Å². The fourth-order valence-corrected chi connectivity index (χ4v) is 3.42. The Balaban J connectivity index is 2.17. The van der Waals surface area contributed by atoms with Crippen molar-refractivity contribution < 1.29 is 22.9 Å². The first-order valence-corrected chi connectivity index (χ1v) is 8.70. The summed E-state index contributed by atoms with van der Waals surface area (Å²) in [5.74, 6) is 0.0152. The van der Waals surface area contributed by atoms with E-state index in [4.69, 9.17) is 17.0 Å². The van der Waals surface area contributed by atoms with E-state index in [0.717, 1.165) is 12.2 Å². The molecule has 0 saturated heterocycles. The minimum Gasteiger partial charge on any atom is -0.467 e. The summed E-state index contributed by atoms with van der Waals surface area (Å²) in [6, 6.07) is -1.21. The first-order valence-electron chi connectivity index (χ1n) is 6.81. The predicted molar refractivity (Wildman–Crippen MR) is 92.6 cm³/mol. The van der Waals surface area contributed by atoms with E-state index >= 15 is 0 Å². The highest BCUT2D eigenvalue weighted by molar-refractivity contribution is 7.97. The number of ether oxygens (including phenoxy) is 1. The molecule has 0 saturated carbocycles. The van der Waals surface area contributed by atoms with Gasteiger partial charge >= 0.3 is 12.0 Å². The topological polar surface area (TPSA) is 166 Å². The molecule has 1 aromatic heterocycles. The molecule has 2 amide bonds. The molecule has 1 aromatic rings. The van der Waals surface area contributed by atoms with Crippen LogP contribution in [0.25, 0.3) is 0 Å². The molecule has 1 aliphatic carbocycles. The van der Waals surface area contributed by atoms with Crippen molar-refractivity contribution in [2.45, 2.75) is 13.3 Å². The third-order valence-corrected chi connectivity index (χ3v) is 4.84. The third-order valence-electron chi connectivity index (χ3n) is 2.93. The number of carbonyl (C=O) groups excluding carboxylic acids is 1. The van der Waals surface area contributed by atoms with E-state index in [-0.39, 0.29) is 34.8 Å². The number of urea groups is 1. The molecule has 26 heavy (non-hydrogen) atoms. The summed E-state index contributed by atoms with van der Waals surface area (Å²) in [4.78, 5) is 32.8. The Morgan fingerprint density at radius 1 is 1.35 bits per heavy atom. The number of sulfonamides is 1. The SMILES string of the molecule is COc1nc(C)nc(NC(=O)NS(=O)(=O)C2=CC=C([N+](=O)[O-])CC2=S)n1. The highest BCUT2D eigenvalue weighted by Crippen LogP contribution is 2.20. The molecule has 0 fully saturated rings. The van der Waals surface area contributed by atoms with Crippen LogP contribution in [-0.2, 0) is 10.0 Å². The van der Waals surface area contributed by atoms with Crippen molar-refractivity contribution in [2.75, 3.05) is 12.4 Å². The fraction of sp³-hybridized carbons (Fsp3) is 0.250. The zero-order chi connectivity index (χ0) is 19.5. The molecule has 0 bridgehead atoms. The number of aryl methyl sites for hydroxylation is 1. The van der Waals surface area contributed by atoms with Gasteiger partial charge in [0.05, 0.1) is 18.5 Å². The van der Waals surface area contributed by atoms with Gasteiger partial charge in [0.25, 0.3) is 15.7 Å². The third kappa shape index (κ3) is 4.54. The molecule has 0 spiro atoms. The van der Waals surface area contributed by atoms with Crippen LogP contribution in [0, 0.1) is 17.0 Å². The minimum absolute atomic E-state index is 0.0655. The first kappa shape index (κ1) is 19.3. The number of hydrogen-bond acceptors (Lipinski definition) is 10. The van der Waals surface area contributed by atoms with E-state index in [2.05, 4.69) is 20.3 Å². The molecule has 0 unspecified atom stereocenters. The number of anilines is 1. The molecule has 2 rings (SSSR count). The Labute approximate surface area is 152 Å². The van der Waals surface area contributed by atoms with E-state index in [1.54, 1.807) is 4.72 Å². The van der Waals surface area contributed by atoms with Crippen LogP contribution < -0.4 is 14.8 Å². The van der Waals surface area contributed by atoms with Gasteiger partial charge in [-0.25, -0.2) is 17.9 Å². The fourth-order valence-electron chi connectivity index (χ4n) is 1.85. The number of rotatable bonds is 5. The van der Waals surface area contributed by atoms with Crippen LogP contribution in [0.4, 0.5) is 10.7 Å². The van der Waals surface area contributed by atoms with Gasteiger partial charge in [-0.05, 0) is 13.0 Å². The molecule has 0 aromatic carbocycles. The predicted octanol–water partition coefficient (Wildman–Crippen LogP) is 0.458. The van der Waals surface area contributed by atoms with Gasteiger partial charge in [0.2, 0.25) is 5.95 Å². The maximum Gasteiger partial charge on any atom is 0.335 e. The Bertz CT molecular complexity index is 955. The molecule has 1 heterocycles. The average molecular weight is 400 g/mol. The molecule has 0 aliphatic heterocycles. The molecule has 0 atom stereocenters. The van der Waals surface area contributed by atoms with E-state index in [1.165, 1.54) is 14.0 Å². The van der Waals surface area contributed by atoms with Gasteiger partial charge in [0.15, 0.2) is 0 Å². The van der Waals surface area contributed by atoms with Crippen LogP contribution >= 0.6 is 12.2 Å². The molecule has 2 N–H and O–H groups in total. The number of nitro groups is 1. The summed E-state index contributed by atoms with van der Waals surface area (Å²) in [7, 11) is -3.03. The molecule has 12 nitrogen and oxygen atoms in total. The summed E-state index contributed by atoms with van der Waals surface area (Å²) in [6.45, 7) is 1.52. The highest BCUT2D eigenvalue weighted by Gasteiger charge is 2.29. The number of amides is 2. The van der Waals surface area contributed by atoms with Gasteiger partial charge in [-0.15, -0.1) is 0 Å². The second-order valence-electron chi connectivity index (χ2n) is 4.80. The molecule has 0 radical (unpaired) electrons. The molecule has 1 aliphatic rings. The van der Waals surface area contributed by atoms with Gasteiger partial charge < -0.3 is 4.74 Å². The van der Waals surface area contributed by atoms with Crippen molar-refractivity contribution >= 4 is 39.1 Å². The maximum atomic E-state index is 12.3. The Kier molecular flexibility index (Phi) is 5.56. The van der Waals surface area contributed by atoms with Crippen molar-refractivity contribution in [3.63, 3.8) is 0 Å².